The highest BCUT2D eigenvalue weighted by Crippen LogP contribution is 2.28. The van der Waals surface area contributed by atoms with Crippen LogP contribution in [0.5, 0.6) is 0 Å². The minimum atomic E-state index is -0.110. The van der Waals surface area contributed by atoms with E-state index in [9.17, 15) is 4.79 Å². The summed E-state index contributed by atoms with van der Waals surface area (Å²) in [5, 5.41) is 23.3. The first-order chi connectivity index (χ1) is 9.67. The number of carbonyl (C=O) groups is 1. The monoisotopic (exact) mass is 310 g/mol. The summed E-state index contributed by atoms with van der Waals surface area (Å²) >= 11 is 2.88. The van der Waals surface area contributed by atoms with Gasteiger partial charge < -0.3 is 15.7 Å². The Morgan fingerprint density at radius 3 is 2.95 bits per heavy atom. The molecule has 106 valence electrons. The second-order valence-corrected chi connectivity index (χ2v) is 6.15. The number of nitrogens with zero attached hydrogens (tertiary/aromatic N) is 2. The Morgan fingerprint density at radius 1 is 1.40 bits per heavy atom. The van der Waals surface area contributed by atoms with Gasteiger partial charge in [-0.05, 0) is 18.2 Å². The highest BCUT2D eigenvalue weighted by molar-refractivity contribution is 8.01. The van der Waals surface area contributed by atoms with E-state index in [4.69, 9.17) is 5.11 Å². The lowest BCUT2D eigenvalue weighted by Gasteiger charge is -2.05. The molecule has 8 heteroatoms. The molecule has 0 fully saturated rings. The largest absolute Gasteiger partial charge is 0.396 e. The van der Waals surface area contributed by atoms with Crippen molar-refractivity contribution in [2.75, 3.05) is 23.0 Å². The molecule has 0 unspecified atom stereocenters. The molecule has 1 aromatic carbocycles. The van der Waals surface area contributed by atoms with Gasteiger partial charge in [0, 0.05) is 24.1 Å². The van der Waals surface area contributed by atoms with Crippen LogP contribution in [0.1, 0.15) is 6.92 Å². The quantitative estimate of drug-likeness (QED) is 0.710. The molecule has 20 heavy (non-hydrogen) atoms. The molecule has 2 aromatic rings. The van der Waals surface area contributed by atoms with Crippen molar-refractivity contribution in [2.45, 2.75) is 11.3 Å². The second-order valence-electron chi connectivity index (χ2n) is 3.83. The molecule has 0 radical (unpaired) electrons. The van der Waals surface area contributed by atoms with Gasteiger partial charge >= 0.3 is 0 Å². The van der Waals surface area contributed by atoms with Crippen molar-refractivity contribution in [3.8, 4) is 0 Å². The maximum Gasteiger partial charge on any atom is 0.221 e. The molecule has 0 aliphatic carbocycles. The van der Waals surface area contributed by atoms with Crippen molar-refractivity contribution in [2.24, 2.45) is 0 Å². The van der Waals surface area contributed by atoms with Crippen molar-refractivity contribution < 1.29 is 9.90 Å². The van der Waals surface area contributed by atoms with Crippen molar-refractivity contribution >= 4 is 45.5 Å². The molecule has 0 saturated carbocycles. The van der Waals surface area contributed by atoms with Crippen LogP contribution in [0.2, 0.25) is 0 Å². The molecule has 1 heterocycles. The Balaban J connectivity index is 2.02. The van der Waals surface area contributed by atoms with E-state index in [0.29, 0.717) is 10.9 Å². The summed E-state index contributed by atoms with van der Waals surface area (Å²) in [6.07, 6.45) is 0. The summed E-state index contributed by atoms with van der Waals surface area (Å²) in [7, 11) is 0. The fraction of sp³-hybridized carbons (Fsp3) is 0.250. The molecule has 0 atom stereocenters. The number of hydrogen-bond donors (Lipinski definition) is 3. The van der Waals surface area contributed by atoms with Crippen LogP contribution in [0, 0.1) is 0 Å². The minimum Gasteiger partial charge on any atom is -0.396 e. The first kappa shape index (κ1) is 14.8. The van der Waals surface area contributed by atoms with Gasteiger partial charge in [0.25, 0.3) is 0 Å². The van der Waals surface area contributed by atoms with E-state index in [1.807, 2.05) is 24.3 Å². The van der Waals surface area contributed by atoms with Crippen LogP contribution < -0.4 is 10.6 Å². The molecular formula is C12H14N4O2S2. The summed E-state index contributed by atoms with van der Waals surface area (Å²) in [6, 6.07) is 7.36. The number of aromatic nitrogens is 2. The Bertz CT molecular complexity index is 588. The minimum absolute atomic E-state index is 0.110. The number of anilines is 3. The van der Waals surface area contributed by atoms with Crippen LogP contribution >= 0.6 is 23.1 Å². The van der Waals surface area contributed by atoms with E-state index in [0.717, 1.165) is 15.7 Å². The fourth-order valence-electron chi connectivity index (χ4n) is 1.45. The number of aliphatic hydroxyl groups excluding tert-OH is 1. The highest BCUT2D eigenvalue weighted by Gasteiger charge is 2.05. The maximum absolute atomic E-state index is 11.0. The van der Waals surface area contributed by atoms with Crippen molar-refractivity contribution in [3.63, 3.8) is 0 Å². The zero-order valence-corrected chi connectivity index (χ0v) is 12.4. The van der Waals surface area contributed by atoms with Crippen LogP contribution in [-0.4, -0.2) is 33.6 Å². The number of aliphatic hydroxyl groups is 1. The summed E-state index contributed by atoms with van der Waals surface area (Å²) in [5.41, 5.74) is 1.55. The van der Waals surface area contributed by atoms with E-state index in [-0.39, 0.29) is 12.5 Å². The smallest absolute Gasteiger partial charge is 0.221 e. The summed E-state index contributed by atoms with van der Waals surface area (Å²) < 4.78 is 0.805. The standard InChI is InChI=1S/C12H14N4O2S2/c1-8(18)13-9-3-2-4-10(7-9)14-11-15-16-12(20-11)19-6-5-17/h2-4,7,17H,5-6H2,1H3,(H,13,18)(H,14,15). The number of hydrogen-bond acceptors (Lipinski definition) is 7. The number of nitrogens with one attached hydrogen (secondary N) is 2. The lowest BCUT2D eigenvalue weighted by atomic mass is 10.3. The molecule has 0 bridgehead atoms. The van der Waals surface area contributed by atoms with Gasteiger partial charge in [-0.2, -0.15) is 0 Å². The van der Waals surface area contributed by atoms with E-state index in [1.54, 1.807) is 0 Å². The summed E-state index contributed by atoms with van der Waals surface area (Å²) in [6.45, 7) is 1.58. The van der Waals surface area contributed by atoms with Gasteiger partial charge in [0.15, 0.2) is 4.34 Å². The lowest BCUT2D eigenvalue weighted by molar-refractivity contribution is -0.114. The average molecular weight is 310 g/mol. The molecule has 3 N–H and O–H groups in total. The number of amides is 1. The first-order valence-electron chi connectivity index (χ1n) is 5.89. The van der Waals surface area contributed by atoms with Crippen molar-refractivity contribution in [1.82, 2.24) is 10.2 Å². The Kier molecular flexibility index (Phi) is 5.33. The van der Waals surface area contributed by atoms with Gasteiger partial charge in [0.1, 0.15) is 0 Å². The van der Waals surface area contributed by atoms with E-state index in [2.05, 4.69) is 20.8 Å². The summed E-state index contributed by atoms with van der Waals surface area (Å²) in [4.78, 5) is 11.0. The Labute approximate surface area is 124 Å². The predicted molar refractivity (Wildman–Crippen MR) is 81.7 cm³/mol. The molecule has 0 aliphatic heterocycles. The van der Waals surface area contributed by atoms with Crippen LogP contribution in [0.25, 0.3) is 0 Å². The third kappa shape index (κ3) is 4.48. The molecule has 1 aromatic heterocycles. The zero-order chi connectivity index (χ0) is 14.4. The zero-order valence-electron chi connectivity index (χ0n) is 10.8. The Hall–Kier alpha value is -1.64. The summed E-state index contributed by atoms with van der Waals surface area (Å²) in [5.74, 6) is 0.493. The third-order valence-electron chi connectivity index (χ3n) is 2.16. The molecule has 2 rings (SSSR count). The molecule has 0 spiro atoms. The van der Waals surface area contributed by atoms with Gasteiger partial charge in [-0.1, -0.05) is 29.2 Å². The molecule has 1 amide bonds. The van der Waals surface area contributed by atoms with Crippen molar-refractivity contribution in [1.29, 1.82) is 0 Å². The third-order valence-corrected chi connectivity index (χ3v) is 4.11. The van der Waals surface area contributed by atoms with Gasteiger partial charge in [0.2, 0.25) is 11.0 Å². The SMILES string of the molecule is CC(=O)Nc1cccc(Nc2nnc(SCCO)s2)c1. The first-order valence-corrected chi connectivity index (χ1v) is 7.69. The number of rotatable bonds is 6. The van der Waals surface area contributed by atoms with Crippen molar-refractivity contribution in [3.05, 3.63) is 24.3 Å². The van der Waals surface area contributed by atoms with Crippen LogP contribution in [0.4, 0.5) is 16.5 Å². The van der Waals surface area contributed by atoms with Gasteiger partial charge in [0.05, 0.1) is 6.61 Å². The van der Waals surface area contributed by atoms with Gasteiger partial charge in [-0.3, -0.25) is 4.79 Å². The average Bonchev–Trinajstić information content (AvgIpc) is 2.83. The molecule has 6 nitrogen and oxygen atoms in total. The van der Waals surface area contributed by atoms with Gasteiger partial charge in [-0.25, -0.2) is 0 Å². The molecule has 0 aliphatic rings. The topological polar surface area (TPSA) is 87.1 Å². The van der Waals surface area contributed by atoms with E-state index >= 15 is 0 Å². The predicted octanol–water partition coefficient (Wildman–Crippen LogP) is 2.32. The number of thioether (sulfide) groups is 1. The lowest BCUT2D eigenvalue weighted by Crippen LogP contribution is -2.05. The van der Waals surface area contributed by atoms with Crippen LogP contribution in [0.15, 0.2) is 28.6 Å². The van der Waals surface area contributed by atoms with Gasteiger partial charge in [-0.15, -0.1) is 10.2 Å². The second kappa shape index (κ2) is 7.22. The number of carbonyl (C=O) groups excluding carboxylic acids is 1. The van der Waals surface area contributed by atoms with Crippen LogP contribution in [-0.2, 0) is 4.79 Å². The maximum atomic E-state index is 11.0. The van der Waals surface area contributed by atoms with E-state index < -0.39 is 0 Å². The van der Waals surface area contributed by atoms with Crippen LogP contribution in [0.3, 0.4) is 0 Å². The molecular weight excluding hydrogens is 296 g/mol. The van der Waals surface area contributed by atoms with E-state index in [1.165, 1.54) is 30.0 Å². The molecule has 0 saturated heterocycles. The normalized spacial score (nSPS) is 10.3. The highest BCUT2D eigenvalue weighted by atomic mass is 32.2. The fourth-order valence-corrected chi connectivity index (χ4v) is 3.04. The Morgan fingerprint density at radius 2 is 2.20 bits per heavy atom. The number of benzene rings is 1.